The maximum absolute atomic E-state index is 6.14. The summed E-state index contributed by atoms with van der Waals surface area (Å²) in [5.74, 6) is 0.728. The minimum atomic E-state index is 0.379. The lowest BCUT2D eigenvalue weighted by atomic mass is 10.2. The van der Waals surface area contributed by atoms with Crippen molar-refractivity contribution in [2.75, 3.05) is 0 Å². The highest BCUT2D eigenvalue weighted by molar-refractivity contribution is 9.10. The van der Waals surface area contributed by atoms with E-state index in [4.69, 9.17) is 33.7 Å². The summed E-state index contributed by atoms with van der Waals surface area (Å²) in [7, 11) is 0. The van der Waals surface area contributed by atoms with E-state index in [1.807, 2.05) is 24.3 Å². The Kier molecular flexibility index (Phi) is 5.11. The predicted octanol–water partition coefficient (Wildman–Crippen LogP) is 4.79. The van der Waals surface area contributed by atoms with Crippen LogP contribution in [0.4, 0.5) is 0 Å². The molecule has 0 aliphatic heterocycles. The van der Waals surface area contributed by atoms with Gasteiger partial charge >= 0.3 is 0 Å². The molecule has 2 nitrogen and oxygen atoms in total. The van der Waals surface area contributed by atoms with Gasteiger partial charge in [0, 0.05) is 32.2 Å². The molecule has 0 unspecified atom stereocenters. The third-order valence-corrected chi connectivity index (χ3v) is 3.72. The van der Waals surface area contributed by atoms with Crippen molar-refractivity contribution in [3.05, 3.63) is 62.0 Å². The predicted molar refractivity (Wildman–Crippen MR) is 82.8 cm³/mol. The zero-order valence-corrected chi connectivity index (χ0v) is 13.1. The van der Waals surface area contributed by atoms with Gasteiger partial charge in [0.1, 0.15) is 12.4 Å². The molecule has 2 aromatic carbocycles. The van der Waals surface area contributed by atoms with Crippen LogP contribution < -0.4 is 10.5 Å². The van der Waals surface area contributed by atoms with Gasteiger partial charge in [0.25, 0.3) is 0 Å². The van der Waals surface area contributed by atoms with Crippen LogP contribution in [0.1, 0.15) is 11.1 Å². The minimum Gasteiger partial charge on any atom is -0.489 e. The van der Waals surface area contributed by atoms with Crippen LogP contribution in [-0.2, 0) is 13.2 Å². The van der Waals surface area contributed by atoms with Gasteiger partial charge in [-0.15, -0.1) is 0 Å². The lowest BCUT2D eigenvalue weighted by Gasteiger charge is -2.12. The van der Waals surface area contributed by atoms with Crippen molar-refractivity contribution in [3.63, 3.8) is 0 Å². The molecule has 100 valence electrons. The Balaban J connectivity index is 2.14. The van der Waals surface area contributed by atoms with Gasteiger partial charge in [0.2, 0.25) is 0 Å². The van der Waals surface area contributed by atoms with E-state index in [0.717, 1.165) is 21.3 Å². The van der Waals surface area contributed by atoms with Gasteiger partial charge in [0.15, 0.2) is 0 Å². The summed E-state index contributed by atoms with van der Waals surface area (Å²) in [6.07, 6.45) is 0. The second-order valence-corrected chi connectivity index (χ2v) is 5.74. The first-order valence-electron chi connectivity index (χ1n) is 5.65. The van der Waals surface area contributed by atoms with Crippen molar-refractivity contribution < 1.29 is 4.74 Å². The number of hydrogen-bond donors (Lipinski definition) is 1. The molecular formula is C14H12BrCl2NO. The van der Waals surface area contributed by atoms with Gasteiger partial charge < -0.3 is 10.5 Å². The quantitative estimate of drug-likeness (QED) is 0.850. The lowest BCUT2D eigenvalue weighted by Crippen LogP contribution is -2.03. The molecule has 0 radical (unpaired) electrons. The standard InChI is InChI=1S/C14H12BrCl2NO/c15-11-2-1-9(13(17)6-11)8-19-14-4-3-12(16)5-10(14)7-18/h1-6H,7-8,18H2. The maximum Gasteiger partial charge on any atom is 0.124 e. The smallest absolute Gasteiger partial charge is 0.124 e. The molecule has 0 heterocycles. The molecule has 0 spiro atoms. The summed E-state index contributed by atoms with van der Waals surface area (Å²) in [4.78, 5) is 0. The highest BCUT2D eigenvalue weighted by Crippen LogP contribution is 2.26. The average molecular weight is 361 g/mol. The first-order valence-corrected chi connectivity index (χ1v) is 7.20. The van der Waals surface area contributed by atoms with Crippen LogP contribution in [0, 0.1) is 0 Å². The molecule has 19 heavy (non-hydrogen) atoms. The molecule has 0 bridgehead atoms. The third kappa shape index (κ3) is 3.86. The second-order valence-electron chi connectivity index (χ2n) is 3.98. The molecule has 0 saturated heterocycles. The number of benzene rings is 2. The molecule has 5 heteroatoms. The van der Waals surface area contributed by atoms with Gasteiger partial charge in [0.05, 0.1) is 0 Å². The summed E-state index contributed by atoms with van der Waals surface area (Å²) >= 11 is 15.4. The van der Waals surface area contributed by atoms with Gasteiger partial charge in [-0.3, -0.25) is 0 Å². The molecule has 0 aliphatic rings. The Labute approximate surface area is 130 Å². The van der Waals surface area contributed by atoms with E-state index in [-0.39, 0.29) is 0 Å². The topological polar surface area (TPSA) is 35.2 Å². The highest BCUT2D eigenvalue weighted by Gasteiger charge is 2.06. The van der Waals surface area contributed by atoms with Gasteiger partial charge in [-0.25, -0.2) is 0 Å². The Morgan fingerprint density at radius 2 is 1.84 bits per heavy atom. The zero-order valence-electron chi connectivity index (χ0n) is 10.00. The van der Waals surface area contributed by atoms with Crippen LogP contribution in [0.5, 0.6) is 5.75 Å². The number of hydrogen-bond acceptors (Lipinski definition) is 2. The van der Waals surface area contributed by atoms with Crippen LogP contribution in [0.15, 0.2) is 40.9 Å². The minimum absolute atomic E-state index is 0.379. The Morgan fingerprint density at radius 1 is 1.05 bits per heavy atom. The van der Waals surface area contributed by atoms with Crippen molar-refractivity contribution in [2.45, 2.75) is 13.2 Å². The fourth-order valence-electron chi connectivity index (χ4n) is 1.64. The molecule has 0 aliphatic carbocycles. The Hall–Kier alpha value is -0.740. The zero-order chi connectivity index (χ0) is 13.8. The largest absolute Gasteiger partial charge is 0.489 e. The van der Waals surface area contributed by atoms with Crippen LogP contribution in [0.25, 0.3) is 0 Å². The van der Waals surface area contributed by atoms with Crippen LogP contribution >= 0.6 is 39.1 Å². The molecule has 2 rings (SSSR count). The molecule has 2 N–H and O–H groups in total. The fourth-order valence-corrected chi connectivity index (χ4v) is 2.57. The first-order chi connectivity index (χ1) is 9.10. The van der Waals surface area contributed by atoms with Crippen molar-refractivity contribution in [1.29, 1.82) is 0 Å². The first kappa shape index (κ1) is 14.7. The van der Waals surface area contributed by atoms with E-state index in [0.29, 0.717) is 23.2 Å². The van der Waals surface area contributed by atoms with Crippen molar-refractivity contribution in [1.82, 2.24) is 0 Å². The molecule has 0 atom stereocenters. The molecule has 0 amide bonds. The van der Waals surface area contributed by atoms with Gasteiger partial charge in [-0.05, 0) is 30.3 Å². The summed E-state index contributed by atoms with van der Waals surface area (Å²) < 4.78 is 6.69. The van der Waals surface area contributed by atoms with E-state index in [1.165, 1.54) is 0 Å². The van der Waals surface area contributed by atoms with Crippen LogP contribution in [-0.4, -0.2) is 0 Å². The molecular weight excluding hydrogens is 349 g/mol. The number of ether oxygens (including phenoxy) is 1. The summed E-state index contributed by atoms with van der Waals surface area (Å²) in [6, 6.07) is 11.1. The van der Waals surface area contributed by atoms with E-state index >= 15 is 0 Å². The Bertz CT molecular complexity index is 590. The van der Waals surface area contributed by atoms with Crippen molar-refractivity contribution >= 4 is 39.1 Å². The van der Waals surface area contributed by atoms with E-state index < -0.39 is 0 Å². The van der Waals surface area contributed by atoms with Gasteiger partial charge in [-0.1, -0.05) is 45.2 Å². The number of halogens is 3. The SMILES string of the molecule is NCc1cc(Cl)ccc1OCc1ccc(Br)cc1Cl. The molecule has 0 aromatic heterocycles. The maximum atomic E-state index is 6.14. The molecule has 0 saturated carbocycles. The van der Waals surface area contributed by atoms with E-state index in [1.54, 1.807) is 12.1 Å². The van der Waals surface area contributed by atoms with Crippen LogP contribution in [0.2, 0.25) is 10.0 Å². The molecule has 2 aromatic rings. The van der Waals surface area contributed by atoms with Crippen molar-refractivity contribution in [3.8, 4) is 5.75 Å². The van der Waals surface area contributed by atoms with E-state index in [9.17, 15) is 0 Å². The average Bonchev–Trinajstić information content (AvgIpc) is 2.39. The molecule has 0 fully saturated rings. The monoisotopic (exact) mass is 359 g/mol. The number of rotatable bonds is 4. The van der Waals surface area contributed by atoms with Crippen LogP contribution in [0.3, 0.4) is 0 Å². The van der Waals surface area contributed by atoms with E-state index in [2.05, 4.69) is 15.9 Å². The summed E-state index contributed by atoms with van der Waals surface area (Å²) in [5.41, 5.74) is 7.46. The number of nitrogens with two attached hydrogens (primary N) is 1. The Morgan fingerprint density at radius 3 is 2.53 bits per heavy atom. The normalized spacial score (nSPS) is 10.5. The third-order valence-electron chi connectivity index (χ3n) is 2.64. The van der Waals surface area contributed by atoms with Crippen molar-refractivity contribution in [2.24, 2.45) is 5.73 Å². The lowest BCUT2D eigenvalue weighted by molar-refractivity contribution is 0.303. The fraction of sp³-hybridized carbons (Fsp3) is 0.143. The second kappa shape index (κ2) is 6.62. The van der Waals surface area contributed by atoms with Gasteiger partial charge in [-0.2, -0.15) is 0 Å². The summed E-state index contributed by atoms with van der Waals surface area (Å²) in [6.45, 7) is 0.769. The summed E-state index contributed by atoms with van der Waals surface area (Å²) in [5, 5.41) is 1.31. The highest BCUT2D eigenvalue weighted by atomic mass is 79.9.